The van der Waals surface area contributed by atoms with Crippen LogP contribution < -0.4 is 11.1 Å². The van der Waals surface area contributed by atoms with Gasteiger partial charge in [-0.25, -0.2) is 0 Å². The predicted octanol–water partition coefficient (Wildman–Crippen LogP) is 2.64. The fraction of sp³-hybridized carbons (Fsp3) is 0.0769. The van der Waals surface area contributed by atoms with Gasteiger partial charge in [-0.15, -0.1) is 11.8 Å². The molecule has 0 aliphatic rings. The van der Waals surface area contributed by atoms with E-state index in [1.165, 1.54) is 18.0 Å². The number of benzene rings is 1. The van der Waals surface area contributed by atoms with Gasteiger partial charge in [-0.05, 0) is 24.5 Å². The molecule has 1 aromatic carbocycles. The Morgan fingerprint density at radius 1 is 1.33 bits per heavy atom. The average Bonchev–Trinajstić information content (AvgIpc) is 2.41. The highest BCUT2D eigenvalue weighted by atomic mass is 32.2. The third kappa shape index (κ3) is 2.62. The molecule has 92 valence electrons. The van der Waals surface area contributed by atoms with Crippen LogP contribution in [-0.2, 0) is 0 Å². The molecule has 0 aliphatic carbocycles. The molecule has 0 saturated heterocycles. The van der Waals surface area contributed by atoms with Gasteiger partial charge < -0.3 is 11.1 Å². The summed E-state index contributed by atoms with van der Waals surface area (Å²) in [4.78, 5) is 17.0. The fourth-order valence-electron chi connectivity index (χ4n) is 1.54. The van der Waals surface area contributed by atoms with E-state index in [2.05, 4.69) is 10.3 Å². The zero-order chi connectivity index (χ0) is 13.0. The second-order valence-electron chi connectivity index (χ2n) is 3.62. The van der Waals surface area contributed by atoms with E-state index < -0.39 is 0 Å². The van der Waals surface area contributed by atoms with E-state index >= 15 is 0 Å². The van der Waals surface area contributed by atoms with Gasteiger partial charge in [-0.2, -0.15) is 0 Å². The number of hydrogen-bond donors (Lipinski definition) is 2. The molecule has 0 saturated carbocycles. The van der Waals surface area contributed by atoms with Crippen molar-refractivity contribution >= 4 is 29.0 Å². The van der Waals surface area contributed by atoms with Gasteiger partial charge in [0.05, 0.1) is 23.1 Å². The van der Waals surface area contributed by atoms with E-state index in [0.29, 0.717) is 16.9 Å². The number of pyridine rings is 1. The van der Waals surface area contributed by atoms with Crippen molar-refractivity contribution in [2.45, 2.75) is 4.90 Å². The molecular formula is C13H13N3OS. The van der Waals surface area contributed by atoms with Crippen LogP contribution in [0.15, 0.2) is 47.6 Å². The normalized spacial score (nSPS) is 10.1. The minimum atomic E-state index is -0.169. The van der Waals surface area contributed by atoms with Gasteiger partial charge in [-0.3, -0.25) is 9.78 Å². The van der Waals surface area contributed by atoms with Crippen LogP contribution in [0.2, 0.25) is 0 Å². The van der Waals surface area contributed by atoms with Gasteiger partial charge in [-0.1, -0.05) is 12.1 Å². The topological polar surface area (TPSA) is 68.0 Å². The number of carbonyl (C=O) groups is 1. The Balaban J connectivity index is 2.25. The Bertz CT molecular complexity index is 572. The molecule has 0 bridgehead atoms. The summed E-state index contributed by atoms with van der Waals surface area (Å²) in [6, 6.07) is 9.12. The van der Waals surface area contributed by atoms with Crippen molar-refractivity contribution in [3.8, 4) is 0 Å². The van der Waals surface area contributed by atoms with Crippen molar-refractivity contribution in [2.75, 3.05) is 17.3 Å². The zero-order valence-corrected chi connectivity index (χ0v) is 10.7. The van der Waals surface area contributed by atoms with Gasteiger partial charge >= 0.3 is 0 Å². The summed E-state index contributed by atoms with van der Waals surface area (Å²) >= 11 is 1.53. The molecule has 1 aromatic heterocycles. The predicted molar refractivity (Wildman–Crippen MR) is 74.8 cm³/mol. The number of nitrogens with two attached hydrogens (primary N) is 1. The van der Waals surface area contributed by atoms with Crippen molar-refractivity contribution in [3.05, 3.63) is 48.3 Å². The molecule has 4 nitrogen and oxygen atoms in total. The average molecular weight is 259 g/mol. The summed E-state index contributed by atoms with van der Waals surface area (Å²) in [7, 11) is 0. The van der Waals surface area contributed by atoms with Crippen LogP contribution in [0, 0.1) is 0 Å². The number of aromatic nitrogens is 1. The summed E-state index contributed by atoms with van der Waals surface area (Å²) in [6.45, 7) is 0. The van der Waals surface area contributed by atoms with E-state index in [1.54, 1.807) is 18.3 Å². The molecular weight excluding hydrogens is 246 g/mol. The van der Waals surface area contributed by atoms with Crippen LogP contribution >= 0.6 is 11.8 Å². The van der Waals surface area contributed by atoms with E-state index in [-0.39, 0.29) is 5.91 Å². The number of hydrogen-bond acceptors (Lipinski definition) is 4. The van der Waals surface area contributed by atoms with Crippen molar-refractivity contribution < 1.29 is 4.79 Å². The molecule has 0 fully saturated rings. The van der Waals surface area contributed by atoms with E-state index in [1.807, 2.05) is 24.5 Å². The molecule has 0 spiro atoms. The highest BCUT2D eigenvalue weighted by Crippen LogP contribution is 2.22. The number of nitrogens with one attached hydrogen (secondary N) is 1. The van der Waals surface area contributed by atoms with Gasteiger partial charge in [0.1, 0.15) is 0 Å². The largest absolute Gasteiger partial charge is 0.396 e. The summed E-state index contributed by atoms with van der Waals surface area (Å²) in [5.74, 6) is -0.169. The van der Waals surface area contributed by atoms with Crippen LogP contribution in [-0.4, -0.2) is 17.1 Å². The third-order valence-electron chi connectivity index (χ3n) is 2.45. The van der Waals surface area contributed by atoms with Gasteiger partial charge in [0.25, 0.3) is 5.91 Å². The minimum Gasteiger partial charge on any atom is -0.396 e. The lowest BCUT2D eigenvalue weighted by Gasteiger charge is -2.09. The lowest BCUT2D eigenvalue weighted by atomic mass is 10.2. The molecule has 1 amide bonds. The van der Waals surface area contributed by atoms with Gasteiger partial charge in [0.15, 0.2) is 0 Å². The van der Waals surface area contributed by atoms with E-state index in [0.717, 1.165) is 4.90 Å². The van der Waals surface area contributed by atoms with E-state index in [9.17, 15) is 4.79 Å². The number of anilines is 2. The molecule has 0 unspecified atom stereocenters. The number of nitrogens with zero attached hydrogens (tertiary/aromatic N) is 1. The summed E-state index contributed by atoms with van der Waals surface area (Å²) in [5.41, 5.74) is 7.40. The highest BCUT2D eigenvalue weighted by Gasteiger charge is 2.11. The first-order valence-electron chi connectivity index (χ1n) is 5.36. The van der Waals surface area contributed by atoms with Crippen molar-refractivity contribution in [1.82, 2.24) is 4.98 Å². The summed E-state index contributed by atoms with van der Waals surface area (Å²) < 4.78 is 0. The van der Waals surface area contributed by atoms with Crippen molar-refractivity contribution in [1.29, 1.82) is 0 Å². The lowest BCUT2D eigenvalue weighted by molar-refractivity contribution is 0.102. The number of thioether (sulfide) groups is 1. The van der Waals surface area contributed by atoms with E-state index in [4.69, 9.17) is 5.73 Å². The molecule has 2 rings (SSSR count). The quantitative estimate of drug-likeness (QED) is 0.831. The third-order valence-corrected chi connectivity index (χ3v) is 3.25. The smallest absolute Gasteiger partial charge is 0.256 e. The Morgan fingerprint density at radius 3 is 2.83 bits per heavy atom. The summed E-state index contributed by atoms with van der Waals surface area (Å²) in [6.07, 6.45) is 5.04. The molecule has 1 heterocycles. The first kappa shape index (κ1) is 12.4. The zero-order valence-electron chi connectivity index (χ0n) is 9.88. The molecule has 2 aromatic rings. The van der Waals surface area contributed by atoms with Crippen LogP contribution in [0.1, 0.15) is 10.4 Å². The maximum Gasteiger partial charge on any atom is 0.256 e. The number of amides is 1. The Hall–Kier alpha value is -2.01. The van der Waals surface area contributed by atoms with Crippen LogP contribution in [0.4, 0.5) is 11.4 Å². The molecule has 0 atom stereocenters. The molecule has 18 heavy (non-hydrogen) atoms. The van der Waals surface area contributed by atoms with Crippen molar-refractivity contribution in [3.63, 3.8) is 0 Å². The van der Waals surface area contributed by atoms with Crippen LogP contribution in [0.25, 0.3) is 0 Å². The minimum absolute atomic E-state index is 0.169. The standard InChI is InChI=1S/C13H13N3OS/c1-18-12-5-3-2-4-9(12)13(17)16-11-6-7-15-8-10(11)14/h2-8H,14H2,1H3,(H,15,16,17). The number of nitrogen functional groups attached to an aromatic ring is 1. The Labute approximate surface area is 110 Å². The Kier molecular flexibility index (Phi) is 3.84. The summed E-state index contributed by atoms with van der Waals surface area (Å²) in [5, 5.41) is 2.78. The fourth-order valence-corrected chi connectivity index (χ4v) is 2.14. The number of rotatable bonds is 3. The molecule has 5 heteroatoms. The molecule has 0 aliphatic heterocycles. The van der Waals surface area contributed by atoms with Gasteiger partial charge in [0, 0.05) is 11.1 Å². The maximum absolute atomic E-state index is 12.1. The molecule has 0 radical (unpaired) electrons. The van der Waals surface area contributed by atoms with Crippen LogP contribution in [0.3, 0.4) is 0 Å². The van der Waals surface area contributed by atoms with Crippen molar-refractivity contribution in [2.24, 2.45) is 0 Å². The lowest BCUT2D eigenvalue weighted by Crippen LogP contribution is -2.14. The second-order valence-corrected chi connectivity index (χ2v) is 4.47. The highest BCUT2D eigenvalue weighted by molar-refractivity contribution is 7.98. The monoisotopic (exact) mass is 259 g/mol. The Morgan fingerprint density at radius 2 is 2.11 bits per heavy atom. The maximum atomic E-state index is 12.1. The SMILES string of the molecule is CSc1ccccc1C(=O)Nc1ccncc1N. The second kappa shape index (κ2) is 5.55. The van der Waals surface area contributed by atoms with Crippen LogP contribution in [0.5, 0.6) is 0 Å². The number of carbonyl (C=O) groups excluding carboxylic acids is 1. The first-order valence-corrected chi connectivity index (χ1v) is 6.58. The first-order chi connectivity index (χ1) is 8.72. The van der Waals surface area contributed by atoms with Gasteiger partial charge in [0.2, 0.25) is 0 Å². The molecule has 3 N–H and O–H groups in total.